The summed E-state index contributed by atoms with van der Waals surface area (Å²) in [5.41, 5.74) is 4.52. The summed E-state index contributed by atoms with van der Waals surface area (Å²) >= 11 is 0. The molecule has 1 N–H and O–H groups in total. The van der Waals surface area contributed by atoms with Crippen molar-refractivity contribution in [3.05, 3.63) is 108 Å². The van der Waals surface area contributed by atoms with Crippen LogP contribution in [0.5, 0.6) is 0 Å². The Labute approximate surface area is 225 Å². The van der Waals surface area contributed by atoms with E-state index in [4.69, 9.17) is 14.6 Å². The van der Waals surface area contributed by atoms with Gasteiger partial charge in [-0.15, -0.1) is 0 Å². The highest BCUT2D eigenvalue weighted by Crippen LogP contribution is 2.38. The van der Waals surface area contributed by atoms with E-state index in [0.29, 0.717) is 38.1 Å². The zero-order chi connectivity index (χ0) is 26.6. The molecule has 1 aliphatic rings. The number of unbranched alkanes of at least 4 members (excludes halogenated alkanes) is 1. The third-order valence-electron chi connectivity index (χ3n) is 7.28. The maximum Gasteiger partial charge on any atom is 0.303 e. The molecule has 1 fully saturated rings. The fourth-order valence-corrected chi connectivity index (χ4v) is 5.15. The predicted molar refractivity (Wildman–Crippen MR) is 148 cm³/mol. The number of allylic oxidation sites excluding steroid dienone is 2. The lowest BCUT2D eigenvalue weighted by Gasteiger charge is -2.24. The van der Waals surface area contributed by atoms with Gasteiger partial charge in [0, 0.05) is 6.42 Å². The molecule has 0 unspecified atom stereocenters. The van der Waals surface area contributed by atoms with Gasteiger partial charge in [-0.3, -0.25) is 4.79 Å². The Bertz CT molecular complexity index is 1140. The zero-order valence-electron chi connectivity index (χ0n) is 21.8. The summed E-state index contributed by atoms with van der Waals surface area (Å²) in [6, 6.07) is 25.4. The van der Waals surface area contributed by atoms with Crippen LogP contribution in [0, 0.1) is 17.7 Å². The largest absolute Gasteiger partial charge is 0.481 e. The standard InChI is InChI=1S/C33H37FO4/c34-30-19-14-25(15-20-30)22-37-24-29-18-21-32(31(29)10-6-1-2-7-11-33(35)36)38-23-26-12-16-28(17-13-26)27-8-4-3-5-9-27/h1,3-6,8-9,12-17,19-20,29,31-32H,2,7,10-11,18,21-24H2,(H,35,36)/b6-1-/t29-,31-,32+/m1/s1. The van der Waals surface area contributed by atoms with Crippen LogP contribution in [0.3, 0.4) is 0 Å². The van der Waals surface area contributed by atoms with E-state index in [9.17, 15) is 9.18 Å². The molecular weight excluding hydrogens is 479 g/mol. The van der Waals surface area contributed by atoms with Gasteiger partial charge in [0.25, 0.3) is 0 Å². The molecular formula is C33H37FO4. The van der Waals surface area contributed by atoms with Gasteiger partial charge in [0.1, 0.15) is 5.82 Å². The lowest BCUT2D eigenvalue weighted by Crippen LogP contribution is -2.24. The van der Waals surface area contributed by atoms with Gasteiger partial charge >= 0.3 is 5.97 Å². The van der Waals surface area contributed by atoms with Gasteiger partial charge in [0.15, 0.2) is 0 Å². The zero-order valence-corrected chi connectivity index (χ0v) is 21.8. The Morgan fingerprint density at radius 2 is 1.55 bits per heavy atom. The van der Waals surface area contributed by atoms with Crippen LogP contribution in [0.15, 0.2) is 91.0 Å². The van der Waals surface area contributed by atoms with Crippen LogP contribution in [0.25, 0.3) is 11.1 Å². The summed E-state index contributed by atoms with van der Waals surface area (Å²) < 4.78 is 25.7. The van der Waals surface area contributed by atoms with Crippen molar-refractivity contribution in [1.82, 2.24) is 0 Å². The summed E-state index contributed by atoms with van der Waals surface area (Å²) in [6.07, 6.45) is 8.95. The molecule has 5 heteroatoms. The van der Waals surface area contributed by atoms with Crippen LogP contribution in [-0.2, 0) is 27.5 Å². The lowest BCUT2D eigenvalue weighted by molar-refractivity contribution is -0.137. The van der Waals surface area contributed by atoms with E-state index < -0.39 is 5.97 Å². The van der Waals surface area contributed by atoms with Crippen molar-refractivity contribution < 1.29 is 23.8 Å². The number of carboxylic acids is 1. The Morgan fingerprint density at radius 3 is 2.29 bits per heavy atom. The fraction of sp³-hybridized carbons (Fsp3) is 0.364. The second-order valence-electron chi connectivity index (χ2n) is 10.0. The number of aliphatic carboxylic acids is 1. The lowest BCUT2D eigenvalue weighted by atomic mass is 9.91. The topological polar surface area (TPSA) is 55.8 Å². The molecule has 0 bridgehead atoms. The number of benzene rings is 3. The van der Waals surface area contributed by atoms with Gasteiger partial charge in [0.05, 0.1) is 25.9 Å². The monoisotopic (exact) mass is 516 g/mol. The molecule has 1 saturated carbocycles. The van der Waals surface area contributed by atoms with Crippen LogP contribution in [0.1, 0.15) is 49.7 Å². The normalized spacial score (nSPS) is 19.2. The van der Waals surface area contributed by atoms with E-state index in [1.54, 1.807) is 12.1 Å². The molecule has 4 nitrogen and oxygen atoms in total. The van der Waals surface area contributed by atoms with Crippen LogP contribution < -0.4 is 0 Å². The number of hydrogen-bond donors (Lipinski definition) is 1. The van der Waals surface area contributed by atoms with Gasteiger partial charge in [0.2, 0.25) is 0 Å². The molecule has 3 aromatic carbocycles. The second kappa shape index (κ2) is 14.6. The number of halogens is 1. The molecule has 3 atom stereocenters. The molecule has 1 aliphatic carbocycles. The first kappa shape index (κ1) is 27.7. The van der Waals surface area contributed by atoms with E-state index in [0.717, 1.165) is 36.8 Å². The van der Waals surface area contributed by atoms with Crippen molar-refractivity contribution in [1.29, 1.82) is 0 Å². The van der Waals surface area contributed by atoms with Crippen molar-refractivity contribution in [2.24, 2.45) is 11.8 Å². The number of rotatable bonds is 14. The van der Waals surface area contributed by atoms with Crippen LogP contribution in [0.2, 0.25) is 0 Å². The van der Waals surface area contributed by atoms with Gasteiger partial charge in [-0.2, -0.15) is 0 Å². The molecule has 4 rings (SSSR count). The number of carboxylic acid groups (broad SMARTS) is 1. The summed E-state index contributed by atoms with van der Waals surface area (Å²) in [7, 11) is 0. The predicted octanol–water partition coefficient (Wildman–Crippen LogP) is 7.82. The number of carbonyl (C=O) groups is 1. The summed E-state index contributed by atoms with van der Waals surface area (Å²) in [5.74, 6) is -0.278. The van der Waals surface area contributed by atoms with Gasteiger partial charge in [-0.05, 0) is 78.3 Å². The maximum atomic E-state index is 13.2. The summed E-state index contributed by atoms with van der Waals surface area (Å²) in [5, 5.41) is 8.84. The molecule has 0 heterocycles. The highest BCUT2D eigenvalue weighted by molar-refractivity contribution is 5.66. The minimum Gasteiger partial charge on any atom is -0.481 e. The summed E-state index contributed by atoms with van der Waals surface area (Å²) in [4.78, 5) is 10.8. The van der Waals surface area contributed by atoms with Gasteiger partial charge in [-0.25, -0.2) is 4.39 Å². The van der Waals surface area contributed by atoms with Crippen LogP contribution in [0.4, 0.5) is 4.39 Å². The van der Waals surface area contributed by atoms with E-state index >= 15 is 0 Å². The van der Waals surface area contributed by atoms with Crippen LogP contribution in [-0.4, -0.2) is 23.8 Å². The quantitative estimate of drug-likeness (QED) is 0.175. The minimum absolute atomic E-state index is 0.145. The third-order valence-corrected chi connectivity index (χ3v) is 7.28. The van der Waals surface area contributed by atoms with E-state index in [-0.39, 0.29) is 18.3 Å². The summed E-state index contributed by atoms with van der Waals surface area (Å²) in [6.45, 7) is 1.68. The highest BCUT2D eigenvalue weighted by Gasteiger charge is 2.36. The van der Waals surface area contributed by atoms with Gasteiger partial charge < -0.3 is 14.6 Å². The third kappa shape index (κ3) is 8.64. The van der Waals surface area contributed by atoms with Crippen molar-refractivity contribution in [3.63, 3.8) is 0 Å². The molecule has 3 aromatic rings. The average molecular weight is 517 g/mol. The van der Waals surface area contributed by atoms with E-state index in [1.165, 1.54) is 23.3 Å². The van der Waals surface area contributed by atoms with Crippen molar-refractivity contribution in [3.8, 4) is 11.1 Å². The first-order valence-electron chi connectivity index (χ1n) is 13.5. The van der Waals surface area contributed by atoms with Crippen molar-refractivity contribution in [2.45, 2.75) is 57.8 Å². The minimum atomic E-state index is -0.752. The van der Waals surface area contributed by atoms with E-state index in [2.05, 4.69) is 48.6 Å². The first-order chi connectivity index (χ1) is 18.6. The molecule has 0 radical (unpaired) electrons. The fourth-order valence-electron chi connectivity index (χ4n) is 5.15. The number of hydrogen-bond acceptors (Lipinski definition) is 3. The maximum absolute atomic E-state index is 13.2. The molecule has 0 aliphatic heterocycles. The molecule has 0 aromatic heterocycles. The Morgan fingerprint density at radius 1 is 0.868 bits per heavy atom. The first-order valence-corrected chi connectivity index (χ1v) is 13.5. The number of ether oxygens (including phenoxy) is 2. The van der Waals surface area contributed by atoms with E-state index in [1.807, 2.05) is 18.2 Å². The molecule has 38 heavy (non-hydrogen) atoms. The van der Waals surface area contributed by atoms with Gasteiger partial charge in [-0.1, -0.05) is 78.9 Å². The molecule has 0 spiro atoms. The highest BCUT2D eigenvalue weighted by atomic mass is 19.1. The van der Waals surface area contributed by atoms with Crippen molar-refractivity contribution in [2.75, 3.05) is 6.61 Å². The van der Waals surface area contributed by atoms with Crippen molar-refractivity contribution >= 4 is 5.97 Å². The Hall–Kier alpha value is -3.28. The average Bonchev–Trinajstić information content (AvgIpc) is 3.32. The Balaban J connectivity index is 1.32. The smallest absolute Gasteiger partial charge is 0.303 e. The molecule has 200 valence electrons. The molecule has 0 amide bonds. The van der Waals surface area contributed by atoms with Crippen LogP contribution >= 0.6 is 0 Å². The SMILES string of the molecule is O=C(O)CCC/C=C\C[C@@H]1[C@@H](COCc2ccc(F)cc2)CC[C@@H]1OCc1ccc(-c2ccccc2)cc1. The molecule has 0 saturated heterocycles. The second-order valence-corrected chi connectivity index (χ2v) is 10.0. The Kier molecular flexibility index (Phi) is 10.7.